The quantitative estimate of drug-likeness (QED) is 0.515. The molecule has 29 heavy (non-hydrogen) atoms. The van der Waals surface area contributed by atoms with Crippen LogP contribution in [-0.2, 0) is 16.6 Å². The first-order valence-electron chi connectivity index (χ1n) is 9.27. The third-order valence-electron chi connectivity index (χ3n) is 4.68. The predicted molar refractivity (Wildman–Crippen MR) is 111 cm³/mol. The Bertz CT molecular complexity index is 1060. The summed E-state index contributed by atoms with van der Waals surface area (Å²) in [6, 6.07) is 10.3. The number of nitro benzene ring substituents is 1. The molecule has 0 N–H and O–H groups in total. The maximum Gasteiger partial charge on any atom is 0.269 e. The third kappa shape index (κ3) is 4.49. The molecule has 2 aromatic rings. The van der Waals surface area contributed by atoms with Crippen LogP contribution in [0.25, 0.3) is 6.08 Å². The Morgan fingerprint density at radius 3 is 2.38 bits per heavy atom. The highest BCUT2D eigenvalue weighted by atomic mass is 32.2. The number of non-ortho nitro benzene ring substituents is 1. The van der Waals surface area contributed by atoms with Gasteiger partial charge in [-0.25, -0.2) is 8.42 Å². The molecule has 0 fully saturated rings. The monoisotopic (exact) mass is 416 g/mol. The van der Waals surface area contributed by atoms with Gasteiger partial charge < -0.3 is 4.74 Å². The lowest BCUT2D eigenvalue weighted by Gasteiger charge is -2.29. The third-order valence-corrected chi connectivity index (χ3v) is 6.72. The fourth-order valence-corrected chi connectivity index (χ4v) is 4.75. The molecule has 1 aliphatic heterocycles. The number of rotatable bonds is 6. The molecule has 0 spiro atoms. The summed E-state index contributed by atoms with van der Waals surface area (Å²) in [4.78, 5) is 10.3. The molecular weight excluding hydrogens is 392 g/mol. The Morgan fingerprint density at radius 1 is 1.14 bits per heavy atom. The number of nitro groups is 1. The van der Waals surface area contributed by atoms with E-state index >= 15 is 0 Å². The van der Waals surface area contributed by atoms with E-state index in [1.165, 1.54) is 28.6 Å². The average molecular weight is 416 g/mol. The highest BCUT2D eigenvalue weighted by Crippen LogP contribution is 2.32. The van der Waals surface area contributed by atoms with Crippen molar-refractivity contribution < 1.29 is 18.1 Å². The first-order valence-corrected chi connectivity index (χ1v) is 10.7. The zero-order valence-corrected chi connectivity index (χ0v) is 17.6. The smallest absolute Gasteiger partial charge is 0.269 e. The lowest BCUT2D eigenvalue weighted by Crippen LogP contribution is -2.36. The van der Waals surface area contributed by atoms with E-state index in [9.17, 15) is 18.5 Å². The highest BCUT2D eigenvalue weighted by Gasteiger charge is 2.28. The number of sulfonamides is 1. The number of fused-ring (bicyclic) bond motifs is 1. The molecule has 1 heterocycles. The predicted octanol–water partition coefficient (Wildman–Crippen LogP) is 4.38. The number of hydrogen-bond donors (Lipinski definition) is 0. The van der Waals surface area contributed by atoms with E-state index in [0.29, 0.717) is 0 Å². The molecule has 0 bridgehead atoms. The van der Waals surface area contributed by atoms with Gasteiger partial charge in [-0.3, -0.25) is 10.1 Å². The van der Waals surface area contributed by atoms with Gasteiger partial charge in [-0.05, 0) is 63.6 Å². The molecule has 0 aromatic heterocycles. The van der Waals surface area contributed by atoms with Gasteiger partial charge in [0.25, 0.3) is 5.69 Å². The molecular formula is C21H24N2O5S. The van der Waals surface area contributed by atoms with Crippen LogP contribution in [0.1, 0.15) is 38.8 Å². The van der Waals surface area contributed by atoms with E-state index in [-0.39, 0.29) is 28.8 Å². The molecule has 0 amide bonds. The lowest BCUT2D eigenvalue weighted by molar-refractivity contribution is -0.384. The molecule has 7 nitrogen and oxygen atoms in total. The molecule has 0 unspecified atom stereocenters. The Morgan fingerprint density at radius 2 is 1.79 bits per heavy atom. The van der Waals surface area contributed by atoms with E-state index < -0.39 is 14.9 Å². The minimum atomic E-state index is -3.82. The first kappa shape index (κ1) is 21.0. The second-order valence-corrected chi connectivity index (χ2v) is 9.70. The van der Waals surface area contributed by atoms with E-state index in [0.717, 1.165) is 16.9 Å². The van der Waals surface area contributed by atoms with Crippen LogP contribution < -0.4 is 4.74 Å². The zero-order valence-electron chi connectivity index (χ0n) is 16.8. The van der Waals surface area contributed by atoms with Crippen LogP contribution >= 0.6 is 0 Å². The van der Waals surface area contributed by atoms with Gasteiger partial charge in [0.05, 0.1) is 9.82 Å². The summed E-state index contributed by atoms with van der Waals surface area (Å²) in [5, 5.41) is 10.8. The molecule has 1 aliphatic rings. The van der Waals surface area contributed by atoms with Crippen LogP contribution in [0.3, 0.4) is 0 Å². The van der Waals surface area contributed by atoms with Crippen molar-refractivity contribution in [2.45, 2.75) is 50.8 Å². The Kier molecular flexibility index (Phi) is 5.51. The minimum absolute atomic E-state index is 0.0275. The van der Waals surface area contributed by atoms with Crippen molar-refractivity contribution in [3.05, 3.63) is 69.8 Å². The molecule has 154 valence electrons. The maximum atomic E-state index is 13.2. The van der Waals surface area contributed by atoms with Crippen molar-refractivity contribution in [2.24, 2.45) is 0 Å². The fourth-order valence-electron chi connectivity index (χ4n) is 3.13. The van der Waals surface area contributed by atoms with Gasteiger partial charge in [0.2, 0.25) is 10.0 Å². The van der Waals surface area contributed by atoms with Gasteiger partial charge in [-0.1, -0.05) is 12.1 Å². The minimum Gasteiger partial charge on any atom is -0.483 e. The standard InChI is InChI=1S/C21H24N2O5S/c1-15(2)22(29(26,27)19-8-6-18(7-9-19)23(24)25)14-16-5-10-20-17(13-16)11-12-21(3,4)28-20/h5-13,15H,14H2,1-4H3. The molecule has 0 aliphatic carbocycles. The number of nitrogens with zero attached hydrogens (tertiary/aromatic N) is 2. The van der Waals surface area contributed by atoms with Crippen molar-refractivity contribution >= 4 is 21.8 Å². The molecule has 0 saturated heterocycles. The van der Waals surface area contributed by atoms with E-state index in [4.69, 9.17) is 4.74 Å². The summed E-state index contributed by atoms with van der Waals surface area (Å²) in [7, 11) is -3.82. The molecule has 3 rings (SSSR count). The molecule has 0 saturated carbocycles. The Hall–Kier alpha value is -2.71. The summed E-state index contributed by atoms with van der Waals surface area (Å²) < 4.78 is 33.6. The van der Waals surface area contributed by atoms with Gasteiger partial charge in [-0.15, -0.1) is 0 Å². The van der Waals surface area contributed by atoms with Crippen molar-refractivity contribution in [1.29, 1.82) is 0 Å². The van der Waals surface area contributed by atoms with Gasteiger partial charge >= 0.3 is 0 Å². The van der Waals surface area contributed by atoms with Gasteiger partial charge in [0.15, 0.2) is 0 Å². The maximum absolute atomic E-state index is 13.2. The van der Waals surface area contributed by atoms with Crippen LogP contribution in [0.2, 0.25) is 0 Å². The first-order chi connectivity index (χ1) is 13.5. The average Bonchev–Trinajstić information content (AvgIpc) is 2.65. The Balaban J connectivity index is 1.90. The second kappa shape index (κ2) is 7.61. The molecule has 0 radical (unpaired) electrons. The SMILES string of the molecule is CC(C)N(Cc1ccc2c(c1)C=CC(C)(C)O2)S(=O)(=O)c1ccc([N+](=O)[O-])cc1. The topological polar surface area (TPSA) is 89.8 Å². The number of benzene rings is 2. The highest BCUT2D eigenvalue weighted by molar-refractivity contribution is 7.89. The lowest BCUT2D eigenvalue weighted by atomic mass is 10.0. The second-order valence-electron chi connectivity index (χ2n) is 7.81. The van der Waals surface area contributed by atoms with Crippen LogP contribution in [0.5, 0.6) is 5.75 Å². The largest absolute Gasteiger partial charge is 0.483 e. The van der Waals surface area contributed by atoms with Crippen molar-refractivity contribution in [2.75, 3.05) is 0 Å². The number of hydrogen-bond acceptors (Lipinski definition) is 5. The summed E-state index contributed by atoms with van der Waals surface area (Å²) in [6.07, 6.45) is 3.94. The normalized spacial score (nSPS) is 15.2. The fraction of sp³-hybridized carbons (Fsp3) is 0.333. The van der Waals surface area contributed by atoms with E-state index in [1.54, 1.807) is 13.8 Å². The van der Waals surface area contributed by atoms with Crippen molar-refractivity contribution in [3.8, 4) is 5.75 Å². The summed E-state index contributed by atoms with van der Waals surface area (Å²) in [5.74, 6) is 0.760. The summed E-state index contributed by atoms with van der Waals surface area (Å²) >= 11 is 0. The molecule has 0 atom stereocenters. The Labute approximate surface area is 170 Å². The van der Waals surface area contributed by atoms with Crippen LogP contribution in [0.4, 0.5) is 5.69 Å². The van der Waals surface area contributed by atoms with Crippen LogP contribution in [0.15, 0.2) is 53.4 Å². The zero-order chi connectivity index (χ0) is 21.4. The van der Waals surface area contributed by atoms with Crippen molar-refractivity contribution in [3.63, 3.8) is 0 Å². The molecule has 8 heteroatoms. The van der Waals surface area contributed by atoms with Crippen molar-refractivity contribution in [1.82, 2.24) is 4.31 Å². The molecule has 2 aromatic carbocycles. The van der Waals surface area contributed by atoms with Crippen LogP contribution in [0, 0.1) is 10.1 Å². The van der Waals surface area contributed by atoms with Gasteiger partial charge in [0, 0.05) is 30.3 Å². The van der Waals surface area contributed by atoms with Crippen LogP contribution in [-0.4, -0.2) is 29.3 Å². The van der Waals surface area contributed by atoms with E-state index in [1.807, 2.05) is 44.2 Å². The number of ether oxygens (including phenoxy) is 1. The van der Waals surface area contributed by atoms with Gasteiger partial charge in [0.1, 0.15) is 11.4 Å². The van der Waals surface area contributed by atoms with Gasteiger partial charge in [-0.2, -0.15) is 4.31 Å². The summed E-state index contributed by atoms with van der Waals surface area (Å²) in [6.45, 7) is 7.72. The summed E-state index contributed by atoms with van der Waals surface area (Å²) in [5.41, 5.74) is 1.20. The van der Waals surface area contributed by atoms with E-state index in [2.05, 4.69) is 0 Å².